The average Bonchev–Trinajstić information content (AvgIpc) is 2.54. The van der Waals surface area contributed by atoms with E-state index in [0.29, 0.717) is 28.7 Å². The first-order valence-corrected chi connectivity index (χ1v) is 9.67. The van der Waals surface area contributed by atoms with Gasteiger partial charge in [0.1, 0.15) is 6.04 Å². The van der Waals surface area contributed by atoms with Crippen LogP contribution in [0.2, 0.25) is 5.02 Å². The van der Waals surface area contributed by atoms with Gasteiger partial charge in [-0.05, 0) is 45.2 Å². The number of rotatable bonds is 10. The summed E-state index contributed by atoms with van der Waals surface area (Å²) < 4.78 is 11.2. The molecule has 0 bridgehead atoms. The fourth-order valence-electron chi connectivity index (χ4n) is 2.52. The Morgan fingerprint density at radius 3 is 2.29 bits per heavy atom. The van der Waals surface area contributed by atoms with Crippen molar-refractivity contribution in [2.24, 2.45) is 5.92 Å². The number of halogens is 1. The lowest BCUT2D eigenvalue weighted by Crippen LogP contribution is -2.43. The summed E-state index contributed by atoms with van der Waals surface area (Å²) in [5.41, 5.74) is 0.330. The molecule has 28 heavy (non-hydrogen) atoms. The molecular weight excluding hydrogens is 384 g/mol. The summed E-state index contributed by atoms with van der Waals surface area (Å²) >= 11 is 6.34. The zero-order valence-corrected chi connectivity index (χ0v) is 18.1. The van der Waals surface area contributed by atoms with Crippen LogP contribution in [0.5, 0.6) is 11.5 Å². The summed E-state index contributed by atoms with van der Waals surface area (Å²) in [6.45, 7) is 11.7. The molecule has 0 spiro atoms. The van der Waals surface area contributed by atoms with Gasteiger partial charge in [0.25, 0.3) is 5.91 Å². The fraction of sp³-hybridized carbons (Fsp3) is 0.600. The highest BCUT2D eigenvalue weighted by molar-refractivity contribution is 6.31. The van der Waals surface area contributed by atoms with Gasteiger partial charge in [0, 0.05) is 23.2 Å². The van der Waals surface area contributed by atoms with E-state index in [2.05, 4.69) is 10.6 Å². The van der Waals surface area contributed by atoms with Gasteiger partial charge >= 0.3 is 5.97 Å². The fourth-order valence-corrected chi connectivity index (χ4v) is 2.74. The topological polar surface area (TPSA) is 96.9 Å². The summed E-state index contributed by atoms with van der Waals surface area (Å²) in [6.07, 6.45) is 0. The molecule has 0 radical (unpaired) electrons. The van der Waals surface area contributed by atoms with Crippen LogP contribution in [0.4, 0.5) is 0 Å². The first-order valence-electron chi connectivity index (χ1n) is 9.29. The van der Waals surface area contributed by atoms with Gasteiger partial charge in [-0.25, -0.2) is 0 Å². The normalized spacial score (nSPS) is 12.6. The number of carboxylic acids is 1. The Balaban J connectivity index is 2.92. The third-order valence-electron chi connectivity index (χ3n) is 3.73. The van der Waals surface area contributed by atoms with Crippen LogP contribution in [0.1, 0.15) is 47.1 Å². The third kappa shape index (κ3) is 7.94. The predicted molar refractivity (Wildman–Crippen MR) is 109 cm³/mol. The quantitative estimate of drug-likeness (QED) is 0.543. The van der Waals surface area contributed by atoms with Crippen LogP contribution in [0.25, 0.3) is 0 Å². The van der Waals surface area contributed by atoms with Crippen molar-refractivity contribution in [2.45, 2.75) is 59.7 Å². The van der Waals surface area contributed by atoms with E-state index in [4.69, 9.17) is 21.1 Å². The average molecular weight is 415 g/mol. The van der Waals surface area contributed by atoms with E-state index >= 15 is 0 Å². The number of ether oxygens (including phenoxy) is 2. The van der Waals surface area contributed by atoms with Gasteiger partial charge < -0.3 is 25.2 Å². The van der Waals surface area contributed by atoms with Gasteiger partial charge in [-0.15, -0.1) is 0 Å². The van der Waals surface area contributed by atoms with E-state index in [1.807, 2.05) is 41.5 Å². The summed E-state index contributed by atoms with van der Waals surface area (Å²) in [4.78, 5) is 23.3. The van der Waals surface area contributed by atoms with Crippen molar-refractivity contribution < 1.29 is 24.2 Å². The number of nitrogens with one attached hydrogen (secondary N) is 2. The zero-order chi connectivity index (χ0) is 21.5. The molecule has 8 heteroatoms. The molecule has 3 N–H and O–H groups in total. The molecule has 0 aliphatic heterocycles. The number of carbonyl (C=O) groups is 2. The van der Waals surface area contributed by atoms with E-state index in [1.165, 1.54) is 0 Å². The van der Waals surface area contributed by atoms with Gasteiger partial charge in [0.15, 0.2) is 18.1 Å². The minimum absolute atomic E-state index is 0.0772. The lowest BCUT2D eigenvalue weighted by atomic mass is 10.0. The van der Waals surface area contributed by atoms with Crippen molar-refractivity contribution in [3.8, 4) is 11.5 Å². The van der Waals surface area contributed by atoms with E-state index in [9.17, 15) is 14.7 Å². The number of carboxylic acid groups (broad SMARTS) is 1. The van der Waals surface area contributed by atoms with Crippen molar-refractivity contribution in [2.75, 3.05) is 13.2 Å². The van der Waals surface area contributed by atoms with E-state index in [-0.39, 0.29) is 30.5 Å². The first kappa shape index (κ1) is 24.0. The van der Waals surface area contributed by atoms with E-state index in [1.54, 1.807) is 12.1 Å². The molecule has 0 heterocycles. The van der Waals surface area contributed by atoms with E-state index < -0.39 is 12.0 Å². The van der Waals surface area contributed by atoms with Gasteiger partial charge in [-0.2, -0.15) is 0 Å². The number of carbonyl (C=O) groups excluding carboxylic acids is 1. The maximum absolute atomic E-state index is 12.0. The van der Waals surface area contributed by atoms with Crippen molar-refractivity contribution in [3.63, 3.8) is 0 Å². The highest BCUT2D eigenvalue weighted by Crippen LogP contribution is 2.34. The maximum atomic E-state index is 12.0. The lowest BCUT2D eigenvalue weighted by Gasteiger charge is -2.21. The summed E-state index contributed by atoms with van der Waals surface area (Å²) in [6, 6.07) is 2.59. The minimum atomic E-state index is -0.916. The molecule has 0 aliphatic carbocycles. The lowest BCUT2D eigenvalue weighted by molar-refractivity contribution is -0.140. The molecule has 1 amide bonds. The Morgan fingerprint density at radius 1 is 1.18 bits per heavy atom. The van der Waals surface area contributed by atoms with Crippen molar-refractivity contribution in [1.82, 2.24) is 10.6 Å². The van der Waals surface area contributed by atoms with Crippen molar-refractivity contribution in [1.29, 1.82) is 0 Å². The molecule has 1 aromatic carbocycles. The first-order chi connectivity index (χ1) is 12.9. The van der Waals surface area contributed by atoms with Crippen LogP contribution in [-0.4, -0.2) is 41.8 Å². The van der Waals surface area contributed by atoms with Crippen molar-refractivity contribution >= 4 is 23.5 Å². The second kappa shape index (κ2) is 10.5. The van der Waals surface area contributed by atoms with Gasteiger partial charge in [-0.1, -0.05) is 25.4 Å². The standard InChI is InChI=1S/C20H31ClN2O5/c1-7-27-15-8-13(10-22-18(12(2)3)19(25)26)14(21)9-16(15)28-11-17(24)23-20(4,5)6/h8-9,12,18,22H,7,10-11H2,1-6H3,(H,23,24)(H,25,26). The SMILES string of the molecule is CCOc1cc(CNC(C(=O)O)C(C)C)c(Cl)cc1OCC(=O)NC(C)(C)C. The Kier molecular flexibility index (Phi) is 9.04. The molecule has 1 rings (SSSR count). The van der Waals surface area contributed by atoms with Crippen LogP contribution in [0, 0.1) is 5.92 Å². The second-order valence-electron chi connectivity index (χ2n) is 7.85. The third-order valence-corrected chi connectivity index (χ3v) is 4.08. The number of hydrogen-bond acceptors (Lipinski definition) is 5. The van der Waals surface area contributed by atoms with Gasteiger partial charge in [0.2, 0.25) is 0 Å². The Bertz CT molecular complexity index is 686. The van der Waals surface area contributed by atoms with Gasteiger partial charge in [-0.3, -0.25) is 9.59 Å². The predicted octanol–water partition coefficient (Wildman–Crippen LogP) is 3.23. The summed E-state index contributed by atoms with van der Waals surface area (Å²) in [7, 11) is 0. The smallest absolute Gasteiger partial charge is 0.320 e. The highest BCUT2D eigenvalue weighted by Gasteiger charge is 2.22. The Hall–Kier alpha value is -1.99. The molecule has 0 saturated heterocycles. The van der Waals surface area contributed by atoms with Crippen LogP contribution < -0.4 is 20.1 Å². The van der Waals surface area contributed by atoms with Crippen LogP contribution in [0.3, 0.4) is 0 Å². The van der Waals surface area contributed by atoms with Crippen LogP contribution in [0.15, 0.2) is 12.1 Å². The minimum Gasteiger partial charge on any atom is -0.490 e. The molecule has 158 valence electrons. The van der Waals surface area contributed by atoms with Crippen molar-refractivity contribution in [3.05, 3.63) is 22.7 Å². The number of aliphatic carboxylic acids is 1. The second-order valence-corrected chi connectivity index (χ2v) is 8.26. The number of benzene rings is 1. The monoisotopic (exact) mass is 414 g/mol. The zero-order valence-electron chi connectivity index (χ0n) is 17.4. The van der Waals surface area contributed by atoms with E-state index in [0.717, 1.165) is 0 Å². The Labute approximate surface area is 171 Å². The van der Waals surface area contributed by atoms with Gasteiger partial charge in [0.05, 0.1) is 6.61 Å². The van der Waals surface area contributed by atoms with Crippen LogP contribution >= 0.6 is 11.6 Å². The molecule has 0 saturated carbocycles. The maximum Gasteiger partial charge on any atom is 0.320 e. The molecule has 7 nitrogen and oxygen atoms in total. The highest BCUT2D eigenvalue weighted by atomic mass is 35.5. The molecular formula is C20H31ClN2O5. The Morgan fingerprint density at radius 2 is 1.79 bits per heavy atom. The molecule has 0 fully saturated rings. The number of hydrogen-bond donors (Lipinski definition) is 3. The van der Waals surface area contributed by atoms with Crippen LogP contribution in [-0.2, 0) is 16.1 Å². The summed E-state index contributed by atoms with van der Waals surface area (Å²) in [5, 5.41) is 15.5. The molecule has 1 aromatic rings. The molecule has 1 atom stereocenters. The number of amides is 1. The molecule has 1 unspecified atom stereocenters. The molecule has 0 aromatic heterocycles. The largest absolute Gasteiger partial charge is 0.490 e. The molecule has 0 aliphatic rings. The summed E-state index contributed by atoms with van der Waals surface area (Å²) in [5.74, 6) is -0.437.